The predicted octanol–water partition coefficient (Wildman–Crippen LogP) is 2.89. The van der Waals surface area contributed by atoms with Crippen molar-refractivity contribution in [2.75, 3.05) is 11.9 Å². The van der Waals surface area contributed by atoms with Crippen molar-refractivity contribution >= 4 is 11.6 Å². The van der Waals surface area contributed by atoms with Crippen molar-refractivity contribution < 1.29 is 13.2 Å². The largest absolute Gasteiger partial charge is 0.453 e. The van der Waals surface area contributed by atoms with Crippen molar-refractivity contribution in [3.8, 4) is 0 Å². The molecular formula is C15H15F3N6. The molecule has 3 heterocycles. The summed E-state index contributed by atoms with van der Waals surface area (Å²) in [5.41, 5.74) is 1.67. The van der Waals surface area contributed by atoms with Gasteiger partial charge in [-0.3, -0.25) is 4.98 Å². The first-order valence-electron chi connectivity index (χ1n) is 7.38. The Morgan fingerprint density at radius 2 is 2.08 bits per heavy atom. The fourth-order valence-corrected chi connectivity index (χ4v) is 2.29. The van der Waals surface area contributed by atoms with Gasteiger partial charge in [0.05, 0.1) is 0 Å². The first-order valence-corrected chi connectivity index (χ1v) is 7.38. The summed E-state index contributed by atoms with van der Waals surface area (Å²) in [6, 6.07) is 5.49. The average molecular weight is 336 g/mol. The number of pyridine rings is 1. The number of aromatic nitrogens is 5. The first-order chi connectivity index (χ1) is 11.4. The molecule has 3 aromatic rings. The molecule has 9 heteroatoms. The van der Waals surface area contributed by atoms with E-state index < -0.39 is 12.0 Å². The zero-order valence-electron chi connectivity index (χ0n) is 12.9. The van der Waals surface area contributed by atoms with Gasteiger partial charge in [-0.05, 0) is 31.4 Å². The van der Waals surface area contributed by atoms with Gasteiger partial charge in [0, 0.05) is 30.7 Å². The summed E-state index contributed by atoms with van der Waals surface area (Å²) in [5, 5.41) is 6.60. The number of alkyl halides is 3. The number of halogens is 3. The Balaban J connectivity index is 1.72. The molecule has 0 atom stereocenters. The maximum atomic E-state index is 12.8. The van der Waals surface area contributed by atoms with Crippen LogP contribution in [0.4, 0.5) is 19.0 Å². The summed E-state index contributed by atoms with van der Waals surface area (Å²) in [4.78, 5) is 11.5. The third-order valence-corrected chi connectivity index (χ3v) is 3.36. The number of hydrogen-bond acceptors (Lipinski definition) is 5. The second-order valence-corrected chi connectivity index (χ2v) is 5.32. The van der Waals surface area contributed by atoms with Gasteiger partial charge < -0.3 is 5.32 Å². The molecule has 0 unspecified atom stereocenters. The fourth-order valence-electron chi connectivity index (χ4n) is 2.29. The summed E-state index contributed by atoms with van der Waals surface area (Å²) in [6.07, 6.45) is 0.525. The Kier molecular flexibility index (Phi) is 4.32. The number of aryl methyl sites for hydroxylation is 2. The smallest absolute Gasteiger partial charge is 0.370 e. The second kappa shape index (κ2) is 6.42. The van der Waals surface area contributed by atoms with Crippen LogP contribution in [0.15, 0.2) is 30.6 Å². The molecule has 0 amide bonds. The van der Waals surface area contributed by atoms with E-state index in [9.17, 15) is 13.2 Å². The molecule has 0 fully saturated rings. The zero-order chi connectivity index (χ0) is 17.2. The number of fused-ring (bicyclic) bond motifs is 1. The van der Waals surface area contributed by atoms with Crippen molar-refractivity contribution in [1.82, 2.24) is 24.6 Å². The summed E-state index contributed by atoms with van der Waals surface area (Å²) in [6.45, 7) is 2.28. The molecule has 0 saturated heterocycles. The lowest BCUT2D eigenvalue weighted by molar-refractivity contribution is -0.144. The Morgan fingerprint density at radius 3 is 2.79 bits per heavy atom. The van der Waals surface area contributed by atoms with Crippen LogP contribution < -0.4 is 5.32 Å². The zero-order valence-corrected chi connectivity index (χ0v) is 12.9. The molecule has 0 aliphatic rings. The monoisotopic (exact) mass is 336 g/mol. The van der Waals surface area contributed by atoms with Gasteiger partial charge in [-0.25, -0.2) is 4.98 Å². The van der Waals surface area contributed by atoms with Crippen LogP contribution in [0.3, 0.4) is 0 Å². The van der Waals surface area contributed by atoms with Crippen LogP contribution >= 0.6 is 0 Å². The molecule has 24 heavy (non-hydrogen) atoms. The molecule has 126 valence electrons. The second-order valence-electron chi connectivity index (χ2n) is 5.32. The highest BCUT2D eigenvalue weighted by Gasteiger charge is 2.36. The Labute approximate surface area is 135 Å². The molecule has 6 nitrogen and oxygen atoms in total. The van der Waals surface area contributed by atoms with Gasteiger partial charge >= 0.3 is 6.18 Å². The molecule has 0 aliphatic heterocycles. The Morgan fingerprint density at radius 1 is 1.25 bits per heavy atom. The van der Waals surface area contributed by atoms with Crippen molar-refractivity contribution in [1.29, 1.82) is 0 Å². The van der Waals surface area contributed by atoms with E-state index in [1.807, 2.05) is 12.1 Å². The minimum atomic E-state index is -4.60. The highest BCUT2D eigenvalue weighted by atomic mass is 19.4. The molecule has 0 radical (unpaired) electrons. The molecule has 0 bridgehead atoms. The third-order valence-electron chi connectivity index (χ3n) is 3.36. The molecular weight excluding hydrogens is 321 g/mol. The highest BCUT2D eigenvalue weighted by Crippen LogP contribution is 2.27. The molecule has 0 aromatic carbocycles. The van der Waals surface area contributed by atoms with Gasteiger partial charge in [0.25, 0.3) is 11.6 Å². The number of nitrogens with one attached hydrogen (secondary N) is 1. The summed E-state index contributed by atoms with van der Waals surface area (Å²) in [7, 11) is 0. The summed E-state index contributed by atoms with van der Waals surface area (Å²) >= 11 is 0. The van der Waals surface area contributed by atoms with Gasteiger partial charge in [0.15, 0.2) is 0 Å². The fraction of sp³-hybridized carbons (Fsp3) is 0.333. The van der Waals surface area contributed by atoms with Crippen LogP contribution in [0.1, 0.15) is 23.5 Å². The van der Waals surface area contributed by atoms with Gasteiger partial charge in [-0.15, -0.1) is 5.10 Å². The van der Waals surface area contributed by atoms with E-state index in [4.69, 9.17) is 0 Å². The number of nitrogens with zero attached hydrogens (tertiary/aromatic N) is 5. The standard InChI is InChI=1S/C15H15F3N6/c1-10-8-12(20-7-3-5-11-4-2-6-19-9-11)24-14(21-10)22-13(23-24)15(16,17)18/h2,4,6,8-9,20H,3,5,7H2,1H3. The van der Waals surface area contributed by atoms with Crippen LogP contribution in [-0.4, -0.2) is 31.1 Å². The Bertz CT molecular complexity index is 828. The lowest BCUT2D eigenvalue weighted by Gasteiger charge is -2.08. The van der Waals surface area contributed by atoms with Crippen LogP contribution in [0.2, 0.25) is 0 Å². The van der Waals surface area contributed by atoms with E-state index in [1.54, 1.807) is 25.4 Å². The van der Waals surface area contributed by atoms with Crippen molar-refractivity contribution in [2.24, 2.45) is 0 Å². The van der Waals surface area contributed by atoms with Crippen LogP contribution in [0.25, 0.3) is 5.78 Å². The van der Waals surface area contributed by atoms with E-state index in [2.05, 4.69) is 25.4 Å². The topological polar surface area (TPSA) is 68.0 Å². The lowest BCUT2D eigenvalue weighted by Crippen LogP contribution is -2.10. The molecule has 3 rings (SSSR count). The normalized spacial score (nSPS) is 11.8. The van der Waals surface area contributed by atoms with Crippen molar-refractivity contribution in [3.63, 3.8) is 0 Å². The number of rotatable bonds is 5. The Hall–Kier alpha value is -2.71. The maximum absolute atomic E-state index is 12.8. The van der Waals surface area contributed by atoms with Gasteiger partial charge in [-0.1, -0.05) is 6.07 Å². The lowest BCUT2D eigenvalue weighted by atomic mass is 10.1. The number of hydrogen-bond donors (Lipinski definition) is 1. The minimum Gasteiger partial charge on any atom is -0.370 e. The highest BCUT2D eigenvalue weighted by molar-refractivity contribution is 5.45. The van der Waals surface area contributed by atoms with E-state index >= 15 is 0 Å². The SMILES string of the molecule is Cc1cc(NCCCc2cccnc2)n2nc(C(F)(F)F)nc2n1. The van der Waals surface area contributed by atoms with Crippen molar-refractivity contribution in [2.45, 2.75) is 25.9 Å². The van der Waals surface area contributed by atoms with Crippen LogP contribution in [0.5, 0.6) is 0 Å². The number of anilines is 1. The van der Waals surface area contributed by atoms with Crippen LogP contribution in [0, 0.1) is 6.92 Å². The predicted molar refractivity (Wildman–Crippen MR) is 81.6 cm³/mol. The summed E-state index contributed by atoms with van der Waals surface area (Å²) < 4.78 is 39.4. The van der Waals surface area contributed by atoms with Gasteiger partial charge in [0.1, 0.15) is 5.82 Å². The third kappa shape index (κ3) is 3.61. The molecule has 0 saturated carbocycles. The summed E-state index contributed by atoms with van der Waals surface area (Å²) in [5.74, 6) is -0.831. The van der Waals surface area contributed by atoms with Crippen molar-refractivity contribution in [3.05, 3.63) is 47.7 Å². The molecule has 0 spiro atoms. The molecule has 1 N–H and O–H groups in total. The van der Waals surface area contributed by atoms with E-state index in [0.717, 1.165) is 22.9 Å². The van der Waals surface area contributed by atoms with Gasteiger partial charge in [0.2, 0.25) is 0 Å². The average Bonchev–Trinajstić information content (AvgIpc) is 2.96. The first kappa shape index (κ1) is 16.2. The van der Waals surface area contributed by atoms with E-state index in [0.29, 0.717) is 18.1 Å². The van der Waals surface area contributed by atoms with Gasteiger partial charge in [-0.2, -0.15) is 22.7 Å². The molecule has 3 aromatic heterocycles. The van der Waals surface area contributed by atoms with E-state index in [-0.39, 0.29) is 5.78 Å². The minimum absolute atomic E-state index is 0.0721. The molecule has 0 aliphatic carbocycles. The van der Waals surface area contributed by atoms with E-state index in [1.165, 1.54) is 0 Å². The maximum Gasteiger partial charge on any atom is 0.453 e. The quantitative estimate of drug-likeness (QED) is 0.726. The van der Waals surface area contributed by atoms with Crippen LogP contribution in [-0.2, 0) is 12.6 Å².